The lowest BCUT2D eigenvalue weighted by Gasteiger charge is -2.33. The van der Waals surface area contributed by atoms with Crippen LogP contribution in [0.4, 0.5) is 5.69 Å². The Morgan fingerprint density at radius 1 is 1.15 bits per heavy atom. The molecule has 140 valence electrons. The molecule has 2 aromatic carbocycles. The number of rotatable bonds is 4. The minimum absolute atomic E-state index is 0.0309. The Morgan fingerprint density at radius 3 is 2.44 bits per heavy atom. The molecular formula is C19H18ClN3O3S. The molecule has 2 aromatic rings. The smallest absolute Gasteiger partial charge is 0.246 e. The fourth-order valence-electron chi connectivity index (χ4n) is 3.05. The van der Waals surface area contributed by atoms with Gasteiger partial charge in [-0.15, -0.1) is 0 Å². The second kappa shape index (κ2) is 8.09. The molecule has 1 N–H and O–H groups in total. The van der Waals surface area contributed by atoms with Crippen molar-refractivity contribution in [1.29, 1.82) is 5.26 Å². The fourth-order valence-corrected chi connectivity index (χ4v) is 4.44. The van der Waals surface area contributed by atoms with Crippen LogP contribution in [0.5, 0.6) is 0 Å². The van der Waals surface area contributed by atoms with Gasteiger partial charge in [-0.1, -0.05) is 41.9 Å². The van der Waals surface area contributed by atoms with Gasteiger partial charge in [0.05, 0.1) is 22.1 Å². The number of carbonyl (C=O) groups excluding carboxylic acids is 1. The number of carbonyl (C=O) groups is 1. The molecule has 0 saturated carbocycles. The molecule has 0 bridgehead atoms. The molecule has 0 aromatic heterocycles. The number of halogens is 1. The Balaban J connectivity index is 1.87. The van der Waals surface area contributed by atoms with E-state index in [2.05, 4.69) is 5.32 Å². The van der Waals surface area contributed by atoms with E-state index >= 15 is 0 Å². The highest BCUT2D eigenvalue weighted by Gasteiger charge is 2.32. The van der Waals surface area contributed by atoms with E-state index in [1.165, 1.54) is 6.07 Å². The van der Waals surface area contributed by atoms with Gasteiger partial charge in [-0.05, 0) is 23.8 Å². The second-order valence-corrected chi connectivity index (χ2v) is 9.01. The number of benzene rings is 2. The first-order valence-corrected chi connectivity index (χ1v) is 10.6. The molecule has 1 fully saturated rings. The van der Waals surface area contributed by atoms with E-state index < -0.39 is 15.9 Å². The third-order valence-corrected chi connectivity index (χ3v) is 6.40. The van der Waals surface area contributed by atoms with Crippen LogP contribution in [0.1, 0.15) is 17.2 Å². The van der Waals surface area contributed by atoms with Crippen molar-refractivity contribution in [2.45, 2.75) is 6.04 Å². The average molecular weight is 404 g/mol. The number of hydrogen-bond acceptors (Lipinski definition) is 5. The highest BCUT2D eigenvalue weighted by atomic mass is 35.5. The molecule has 1 aliphatic heterocycles. The lowest BCUT2D eigenvalue weighted by atomic mass is 10.0. The van der Waals surface area contributed by atoms with E-state index in [9.17, 15) is 13.2 Å². The molecule has 1 unspecified atom stereocenters. The molecule has 0 spiro atoms. The summed E-state index contributed by atoms with van der Waals surface area (Å²) in [6.45, 7) is 0.582. The Labute approximate surface area is 163 Å². The van der Waals surface area contributed by atoms with Crippen molar-refractivity contribution in [2.75, 3.05) is 29.9 Å². The summed E-state index contributed by atoms with van der Waals surface area (Å²) in [5.74, 6) is -0.224. The summed E-state index contributed by atoms with van der Waals surface area (Å²) < 4.78 is 23.5. The van der Waals surface area contributed by atoms with Gasteiger partial charge in [-0.3, -0.25) is 9.69 Å². The maximum Gasteiger partial charge on any atom is 0.246 e. The number of sulfone groups is 1. The summed E-state index contributed by atoms with van der Waals surface area (Å²) in [6, 6.07) is 15.3. The van der Waals surface area contributed by atoms with E-state index in [4.69, 9.17) is 16.9 Å². The van der Waals surface area contributed by atoms with Gasteiger partial charge in [0.2, 0.25) is 5.91 Å². The Bertz CT molecular complexity index is 973. The first kappa shape index (κ1) is 19.4. The molecule has 1 amide bonds. The summed E-state index contributed by atoms with van der Waals surface area (Å²) in [7, 11) is -3.05. The van der Waals surface area contributed by atoms with Crippen LogP contribution in [0, 0.1) is 11.3 Å². The summed E-state index contributed by atoms with van der Waals surface area (Å²) in [5, 5.41) is 12.2. The molecule has 8 heteroatoms. The monoisotopic (exact) mass is 403 g/mol. The zero-order valence-electron chi connectivity index (χ0n) is 14.4. The topological polar surface area (TPSA) is 90.3 Å². The largest absolute Gasteiger partial charge is 0.324 e. The van der Waals surface area contributed by atoms with Gasteiger partial charge in [0, 0.05) is 18.8 Å². The summed E-state index contributed by atoms with van der Waals surface area (Å²) in [5.41, 5.74) is 1.52. The molecule has 3 rings (SSSR count). The summed E-state index contributed by atoms with van der Waals surface area (Å²) in [6.07, 6.45) is 0. The average Bonchev–Trinajstić information content (AvgIpc) is 2.66. The van der Waals surface area contributed by atoms with E-state index in [-0.39, 0.29) is 23.0 Å². The van der Waals surface area contributed by atoms with Crippen LogP contribution >= 0.6 is 11.6 Å². The summed E-state index contributed by atoms with van der Waals surface area (Å²) >= 11 is 5.94. The molecule has 1 atom stereocenters. The SMILES string of the molecule is N#Cc1cc(NC(=O)C(c2ccccc2)N2CCS(=O)(=O)CC2)ccc1Cl. The second-order valence-electron chi connectivity index (χ2n) is 6.30. The molecule has 0 aliphatic carbocycles. The quantitative estimate of drug-likeness (QED) is 0.847. The number of nitrogens with one attached hydrogen (secondary N) is 1. The Hall–Kier alpha value is -2.40. The first-order valence-electron chi connectivity index (χ1n) is 8.39. The van der Waals surface area contributed by atoms with Crippen molar-refractivity contribution < 1.29 is 13.2 Å². The zero-order chi connectivity index (χ0) is 19.4. The van der Waals surface area contributed by atoms with Gasteiger partial charge in [0.25, 0.3) is 0 Å². The van der Waals surface area contributed by atoms with Gasteiger partial charge >= 0.3 is 0 Å². The molecule has 6 nitrogen and oxygen atoms in total. The van der Waals surface area contributed by atoms with Crippen LogP contribution in [0.2, 0.25) is 5.02 Å². The maximum atomic E-state index is 13.0. The van der Waals surface area contributed by atoms with Gasteiger partial charge in [0.1, 0.15) is 12.1 Å². The van der Waals surface area contributed by atoms with Crippen LogP contribution in [0.15, 0.2) is 48.5 Å². The van der Waals surface area contributed by atoms with Crippen LogP contribution in [-0.4, -0.2) is 43.8 Å². The predicted octanol–water partition coefficient (Wildman–Crippen LogP) is 2.62. The highest BCUT2D eigenvalue weighted by molar-refractivity contribution is 7.91. The van der Waals surface area contributed by atoms with Gasteiger partial charge in [-0.25, -0.2) is 8.42 Å². The van der Waals surface area contributed by atoms with Gasteiger partial charge in [0.15, 0.2) is 9.84 Å². The van der Waals surface area contributed by atoms with Crippen molar-refractivity contribution in [3.05, 3.63) is 64.7 Å². The molecule has 27 heavy (non-hydrogen) atoms. The molecule has 1 aliphatic rings. The lowest BCUT2D eigenvalue weighted by Crippen LogP contribution is -2.46. The van der Waals surface area contributed by atoms with Crippen molar-refractivity contribution in [2.24, 2.45) is 0 Å². The minimum atomic E-state index is -3.05. The number of nitriles is 1. The normalized spacial score (nSPS) is 17.6. The Kier molecular flexibility index (Phi) is 5.80. The minimum Gasteiger partial charge on any atom is -0.324 e. The zero-order valence-corrected chi connectivity index (χ0v) is 16.0. The number of anilines is 1. The maximum absolute atomic E-state index is 13.0. The number of amides is 1. The van der Waals surface area contributed by atoms with Crippen LogP contribution in [0.3, 0.4) is 0 Å². The van der Waals surface area contributed by atoms with Gasteiger partial charge in [-0.2, -0.15) is 5.26 Å². The van der Waals surface area contributed by atoms with Crippen LogP contribution < -0.4 is 5.32 Å². The van der Waals surface area contributed by atoms with Crippen molar-refractivity contribution in [3.8, 4) is 6.07 Å². The Morgan fingerprint density at radius 2 is 1.81 bits per heavy atom. The van der Waals surface area contributed by atoms with Crippen molar-refractivity contribution in [3.63, 3.8) is 0 Å². The third-order valence-electron chi connectivity index (χ3n) is 4.46. The van der Waals surface area contributed by atoms with Crippen LogP contribution in [-0.2, 0) is 14.6 Å². The van der Waals surface area contributed by atoms with E-state index in [0.717, 1.165) is 5.56 Å². The molecular weight excluding hydrogens is 386 g/mol. The standard InChI is InChI=1S/C19H18ClN3O3S/c20-17-7-6-16(12-15(17)13-21)22-19(24)18(14-4-2-1-3-5-14)23-8-10-27(25,26)11-9-23/h1-7,12,18H,8-11H2,(H,22,24). The van der Waals surface area contributed by atoms with E-state index in [1.54, 1.807) is 12.1 Å². The highest BCUT2D eigenvalue weighted by Crippen LogP contribution is 2.26. The van der Waals surface area contributed by atoms with Crippen LogP contribution in [0.25, 0.3) is 0 Å². The number of hydrogen-bond donors (Lipinski definition) is 1. The first-order chi connectivity index (χ1) is 12.9. The summed E-state index contributed by atoms with van der Waals surface area (Å²) in [4.78, 5) is 14.9. The number of nitrogens with zero attached hydrogens (tertiary/aromatic N) is 2. The third kappa shape index (κ3) is 4.66. The fraction of sp³-hybridized carbons (Fsp3) is 0.263. The predicted molar refractivity (Wildman–Crippen MR) is 104 cm³/mol. The molecule has 1 heterocycles. The molecule has 0 radical (unpaired) electrons. The van der Waals surface area contributed by atoms with E-state index in [0.29, 0.717) is 23.8 Å². The molecule has 1 saturated heterocycles. The van der Waals surface area contributed by atoms with Crippen molar-refractivity contribution >= 4 is 33.0 Å². The lowest BCUT2D eigenvalue weighted by molar-refractivity contribution is -0.121. The van der Waals surface area contributed by atoms with E-state index in [1.807, 2.05) is 41.3 Å². The van der Waals surface area contributed by atoms with Gasteiger partial charge < -0.3 is 5.32 Å². The van der Waals surface area contributed by atoms with Crippen molar-refractivity contribution in [1.82, 2.24) is 4.90 Å².